The number of allylic oxidation sites excluding steroid dienone is 5. The van der Waals surface area contributed by atoms with Crippen LogP contribution in [0.5, 0.6) is 0 Å². The van der Waals surface area contributed by atoms with E-state index in [1.165, 1.54) is 28.3 Å². The minimum atomic E-state index is -0.377. The Labute approximate surface area is 215 Å². The second-order valence-corrected chi connectivity index (χ2v) is 13.2. The minimum absolute atomic E-state index is 0.0439. The molecule has 3 heterocycles. The summed E-state index contributed by atoms with van der Waals surface area (Å²) in [6.07, 6.45) is 16.7. The summed E-state index contributed by atoms with van der Waals surface area (Å²) in [6, 6.07) is 12.5. The zero-order chi connectivity index (χ0) is 25.1. The van der Waals surface area contributed by atoms with Gasteiger partial charge in [0.05, 0.1) is 17.5 Å². The van der Waals surface area contributed by atoms with E-state index in [0.717, 1.165) is 12.8 Å². The summed E-state index contributed by atoms with van der Waals surface area (Å²) in [6.45, 7) is 7.01. The molecule has 3 aromatic rings. The summed E-state index contributed by atoms with van der Waals surface area (Å²) in [4.78, 5) is 28.7. The van der Waals surface area contributed by atoms with Gasteiger partial charge in [-0.25, -0.2) is 23.5 Å². The average Bonchev–Trinajstić information content (AvgIpc) is 3.36. The van der Waals surface area contributed by atoms with E-state index in [9.17, 15) is 9.59 Å². The standard InChI is InChI=1S/C32H31N3O2/c1-29(2)21-13-14-30(29,3)25(18-21)33-27(36)34-23-10-11-24(35(34)28(33)37)32-17-16-31(23,32)15-12-20-9-8-19-6-4-5-7-22(19)26(20)32/h4-12,15-17,21,23-25H,13-14,18H2,1-3H3/t21-,23-,24-,25-,30-,31+,32-/m1/s1. The van der Waals surface area contributed by atoms with Crippen molar-refractivity contribution in [2.45, 2.75) is 63.6 Å². The summed E-state index contributed by atoms with van der Waals surface area (Å²) in [5.41, 5.74) is 1.61. The van der Waals surface area contributed by atoms with Crippen LogP contribution in [-0.2, 0) is 5.41 Å². The van der Waals surface area contributed by atoms with E-state index < -0.39 is 0 Å². The Balaban J connectivity index is 1.33. The molecule has 10 rings (SSSR count). The fourth-order valence-electron chi connectivity index (χ4n) is 9.90. The van der Waals surface area contributed by atoms with E-state index >= 15 is 0 Å². The Morgan fingerprint density at radius 2 is 1.62 bits per heavy atom. The van der Waals surface area contributed by atoms with E-state index in [0.29, 0.717) is 5.92 Å². The Morgan fingerprint density at radius 1 is 0.865 bits per heavy atom. The Bertz CT molecular complexity index is 1800. The van der Waals surface area contributed by atoms with Crippen LogP contribution in [-0.4, -0.2) is 13.9 Å². The topological polar surface area (TPSA) is 48.9 Å². The van der Waals surface area contributed by atoms with Crippen LogP contribution < -0.4 is 11.4 Å². The van der Waals surface area contributed by atoms with Gasteiger partial charge in [-0.2, -0.15) is 0 Å². The van der Waals surface area contributed by atoms with Crippen molar-refractivity contribution in [1.29, 1.82) is 0 Å². The predicted octanol–water partition coefficient (Wildman–Crippen LogP) is 5.54. The first-order valence-corrected chi connectivity index (χ1v) is 13.8. The molecule has 0 unspecified atom stereocenters. The van der Waals surface area contributed by atoms with Gasteiger partial charge in [-0.15, -0.1) is 0 Å². The van der Waals surface area contributed by atoms with Crippen molar-refractivity contribution in [3.8, 4) is 0 Å². The lowest BCUT2D eigenvalue weighted by Gasteiger charge is -2.65. The first kappa shape index (κ1) is 20.7. The van der Waals surface area contributed by atoms with E-state index in [1.807, 2.05) is 9.36 Å². The third-order valence-electron chi connectivity index (χ3n) is 12.3. The molecule has 186 valence electrons. The van der Waals surface area contributed by atoms with Crippen molar-refractivity contribution >= 4 is 16.8 Å². The van der Waals surface area contributed by atoms with Crippen LogP contribution in [0.2, 0.25) is 0 Å². The fraction of sp³-hybridized carbons (Fsp3) is 0.438. The van der Waals surface area contributed by atoms with Gasteiger partial charge in [-0.1, -0.05) is 93.6 Å². The van der Waals surface area contributed by atoms with Gasteiger partial charge in [0.2, 0.25) is 0 Å². The van der Waals surface area contributed by atoms with Crippen LogP contribution in [0.4, 0.5) is 0 Å². The maximum absolute atomic E-state index is 14.4. The quantitative estimate of drug-likeness (QED) is 0.422. The summed E-state index contributed by atoms with van der Waals surface area (Å²) in [7, 11) is 0. The molecular formula is C32H31N3O2. The maximum Gasteiger partial charge on any atom is 0.348 e. The van der Waals surface area contributed by atoms with Crippen LogP contribution >= 0.6 is 0 Å². The fourth-order valence-corrected chi connectivity index (χ4v) is 9.90. The van der Waals surface area contributed by atoms with Crippen molar-refractivity contribution in [2.75, 3.05) is 0 Å². The highest BCUT2D eigenvalue weighted by atomic mass is 16.2. The second-order valence-electron chi connectivity index (χ2n) is 13.2. The van der Waals surface area contributed by atoms with Gasteiger partial charge >= 0.3 is 11.4 Å². The molecule has 0 saturated heterocycles. The van der Waals surface area contributed by atoms with E-state index in [2.05, 4.69) is 93.6 Å². The van der Waals surface area contributed by atoms with Gasteiger partial charge < -0.3 is 0 Å². The van der Waals surface area contributed by atoms with E-state index in [4.69, 9.17) is 0 Å². The number of hydrogen-bond acceptors (Lipinski definition) is 2. The third-order valence-corrected chi connectivity index (χ3v) is 12.3. The molecule has 2 saturated carbocycles. The molecule has 7 aliphatic rings. The Morgan fingerprint density at radius 3 is 2.32 bits per heavy atom. The van der Waals surface area contributed by atoms with Crippen LogP contribution in [0.15, 0.2) is 76.4 Å². The average molecular weight is 490 g/mol. The lowest BCUT2D eigenvalue weighted by Crippen LogP contribution is -2.66. The zero-order valence-electron chi connectivity index (χ0n) is 21.5. The number of benzene rings is 2. The molecule has 2 fully saturated rings. The molecule has 0 spiro atoms. The molecule has 0 radical (unpaired) electrons. The summed E-state index contributed by atoms with van der Waals surface area (Å²) >= 11 is 0. The summed E-state index contributed by atoms with van der Waals surface area (Å²) in [5.74, 6) is 0.560. The normalized spacial score (nSPS) is 40.4. The molecule has 37 heavy (non-hydrogen) atoms. The van der Waals surface area contributed by atoms with Crippen molar-refractivity contribution in [1.82, 2.24) is 13.9 Å². The van der Waals surface area contributed by atoms with Gasteiger partial charge in [-0.3, -0.25) is 0 Å². The third kappa shape index (κ3) is 1.85. The van der Waals surface area contributed by atoms with Crippen LogP contribution in [0.3, 0.4) is 0 Å². The molecule has 5 nitrogen and oxygen atoms in total. The highest BCUT2D eigenvalue weighted by Gasteiger charge is 2.70. The maximum atomic E-state index is 14.4. The number of fused-ring (bicyclic) bond motifs is 5. The Hall–Kier alpha value is -3.34. The highest BCUT2D eigenvalue weighted by molar-refractivity contribution is 5.93. The van der Waals surface area contributed by atoms with Crippen molar-refractivity contribution in [2.24, 2.45) is 22.2 Å². The van der Waals surface area contributed by atoms with Crippen molar-refractivity contribution in [3.05, 3.63) is 98.9 Å². The van der Waals surface area contributed by atoms with Crippen LogP contribution in [0.1, 0.15) is 69.3 Å². The molecule has 5 aliphatic carbocycles. The van der Waals surface area contributed by atoms with Gasteiger partial charge in [0.1, 0.15) is 0 Å². The predicted molar refractivity (Wildman–Crippen MR) is 145 cm³/mol. The molecule has 0 amide bonds. The smallest absolute Gasteiger partial charge is 0.246 e. The first-order chi connectivity index (χ1) is 17.8. The molecule has 7 atom stereocenters. The van der Waals surface area contributed by atoms with Crippen LogP contribution in [0, 0.1) is 22.2 Å². The second kappa shape index (κ2) is 5.87. The number of nitrogens with zero attached hydrogens (tertiary/aromatic N) is 3. The number of aromatic nitrogens is 3. The highest BCUT2D eigenvalue weighted by Crippen LogP contribution is 2.72. The summed E-state index contributed by atoms with van der Waals surface area (Å²) in [5, 5.41) is 2.45. The SMILES string of the molecule is CC1(C)[C@@H]2CC[C@]1(C)[C@H](n1c(=O)n3n(c1=O)[C@@H]1C=C[C@@H]3[C@@]34C=Cc5ccc6ccccc6c5[C@@]13C=C4)C2. The van der Waals surface area contributed by atoms with Crippen molar-refractivity contribution in [3.63, 3.8) is 0 Å². The molecular weight excluding hydrogens is 458 g/mol. The minimum Gasteiger partial charge on any atom is -0.246 e. The van der Waals surface area contributed by atoms with Crippen LogP contribution in [0.25, 0.3) is 16.8 Å². The molecule has 1 aromatic heterocycles. The molecule has 5 heteroatoms. The number of rotatable bonds is 1. The monoisotopic (exact) mass is 489 g/mol. The van der Waals surface area contributed by atoms with Crippen molar-refractivity contribution < 1.29 is 0 Å². The van der Waals surface area contributed by atoms with Gasteiger partial charge in [0.15, 0.2) is 0 Å². The van der Waals surface area contributed by atoms with E-state index in [1.54, 1.807) is 4.57 Å². The molecule has 2 aliphatic heterocycles. The molecule has 0 N–H and O–H groups in total. The Kier molecular flexibility index (Phi) is 3.28. The largest absolute Gasteiger partial charge is 0.348 e. The lowest BCUT2D eigenvalue weighted by molar-refractivity contribution is 0.0448. The molecule has 4 bridgehead atoms. The summed E-state index contributed by atoms with van der Waals surface area (Å²) < 4.78 is 5.32. The first-order valence-electron chi connectivity index (χ1n) is 13.8. The van der Waals surface area contributed by atoms with Gasteiger partial charge in [0, 0.05) is 11.5 Å². The molecule has 2 aromatic carbocycles. The zero-order valence-corrected chi connectivity index (χ0v) is 21.5. The number of hydrogen-bond donors (Lipinski definition) is 0. The van der Waals surface area contributed by atoms with E-state index in [-0.39, 0.29) is 51.2 Å². The van der Waals surface area contributed by atoms with Gasteiger partial charge in [-0.05, 0) is 57.9 Å². The van der Waals surface area contributed by atoms with Gasteiger partial charge in [0.25, 0.3) is 0 Å². The lowest BCUT2D eigenvalue weighted by atomic mass is 9.42.